The highest BCUT2D eigenvalue weighted by Gasteiger charge is 2.19. The lowest BCUT2D eigenvalue weighted by atomic mass is 10.00. The monoisotopic (exact) mass is 406 g/mol. The molecule has 0 saturated heterocycles. The minimum absolute atomic E-state index is 0.195. The topological polar surface area (TPSA) is 106 Å². The Balaban J connectivity index is 1.27. The van der Waals surface area contributed by atoms with Gasteiger partial charge in [-0.3, -0.25) is 14.8 Å². The van der Waals surface area contributed by atoms with Crippen LogP contribution in [0.4, 0.5) is 11.6 Å². The summed E-state index contributed by atoms with van der Waals surface area (Å²) < 4.78 is 0. The molecule has 0 spiro atoms. The van der Waals surface area contributed by atoms with E-state index in [1.165, 1.54) is 11.1 Å². The minimum Gasteiger partial charge on any atom is -0.390 e. The molecule has 1 aromatic carbocycles. The number of nitrogens with zero attached hydrogens (tertiary/aromatic N) is 3. The van der Waals surface area contributed by atoms with Gasteiger partial charge in [-0.25, -0.2) is 4.98 Å². The Kier molecular flexibility index (Phi) is 6.06. The van der Waals surface area contributed by atoms with Gasteiger partial charge in [-0.1, -0.05) is 24.3 Å². The summed E-state index contributed by atoms with van der Waals surface area (Å²) in [4.78, 5) is 18.9. The smallest absolute Gasteiger partial charge is 0.251 e. The zero-order valence-electron chi connectivity index (χ0n) is 16.9. The maximum Gasteiger partial charge on any atom is 0.251 e. The Hall–Kier alpha value is -3.23. The summed E-state index contributed by atoms with van der Waals surface area (Å²) in [5.41, 5.74) is 4.09. The number of hydrogen-bond donors (Lipinski definition) is 4. The molecule has 30 heavy (non-hydrogen) atoms. The average molecular weight is 406 g/mol. The number of rotatable bonds is 7. The fourth-order valence-electron chi connectivity index (χ4n) is 3.64. The van der Waals surface area contributed by atoms with Crippen LogP contribution in [0.25, 0.3) is 0 Å². The third-order valence-electron chi connectivity index (χ3n) is 5.16. The maximum atomic E-state index is 12.5. The molecule has 3 heterocycles. The average Bonchev–Trinajstić information content (AvgIpc) is 3.16. The van der Waals surface area contributed by atoms with Crippen molar-refractivity contribution in [1.82, 2.24) is 25.4 Å². The first-order valence-corrected chi connectivity index (χ1v) is 10.1. The van der Waals surface area contributed by atoms with Crippen LogP contribution in [0, 0.1) is 6.92 Å². The van der Waals surface area contributed by atoms with E-state index in [0.717, 1.165) is 25.2 Å². The van der Waals surface area contributed by atoms with Gasteiger partial charge in [0.25, 0.3) is 5.91 Å². The normalized spacial score (nSPS) is 14.7. The molecule has 3 aromatic rings. The quantitative estimate of drug-likeness (QED) is 0.478. The number of pyridine rings is 1. The highest BCUT2D eigenvalue weighted by molar-refractivity contribution is 5.94. The number of anilines is 2. The Labute approximate surface area is 175 Å². The Morgan fingerprint density at radius 2 is 2.07 bits per heavy atom. The van der Waals surface area contributed by atoms with Gasteiger partial charge in [0.05, 0.1) is 6.10 Å². The summed E-state index contributed by atoms with van der Waals surface area (Å²) in [6, 6.07) is 13.6. The summed E-state index contributed by atoms with van der Waals surface area (Å²) in [6.07, 6.45) is 1.92. The Bertz CT molecular complexity index is 1020. The third kappa shape index (κ3) is 5.03. The van der Waals surface area contributed by atoms with Gasteiger partial charge in [-0.05, 0) is 36.6 Å². The van der Waals surface area contributed by atoms with Crippen molar-refractivity contribution in [3.63, 3.8) is 0 Å². The number of amides is 1. The highest BCUT2D eigenvalue weighted by atomic mass is 16.3. The number of aromatic amines is 1. The zero-order chi connectivity index (χ0) is 20.9. The number of carbonyl (C=O) groups is 1. The van der Waals surface area contributed by atoms with E-state index in [9.17, 15) is 9.90 Å². The summed E-state index contributed by atoms with van der Waals surface area (Å²) in [6.45, 7) is 4.36. The molecule has 8 heteroatoms. The maximum absolute atomic E-state index is 12.5. The number of fused-ring (bicyclic) bond motifs is 1. The lowest BCUT2D eigenvalue weighted by molar-refractivity contribution is 0.0842. The van der Waals surface area contributed by atoms with E-state index in [1.807, 2.05) is 19.1 Å². The van der Waals surface area contributed by atoms with Gasteiger partial charge in [-0.15, -0.1) is 0 Å². The first kappa shape index (κ1) is 20.1. The Morgan fingerprint density at radius 1 is 1.23 bits per heavy atom. The summed E-state index contributed by atoms with van der Waals surface area (Å²) in [5.74, 6) is 0.916. The van der Waals surface area contributed by atoms with E-state index in [1.54, 1.807) is 18.3 Å². The van der Waals surface area contributed by atoms with Crippen molar-refractivity contribution < 1.29 is 9.90 Å². The van der Waals surface area contributed by atoms with Crippen molar-refractivity contribution in [1.29, 1.82) is 0 Å². The number of β-amino-alcohol motifs (C(OH)–C–C–N with tert-alkyl or cyclic N) is 1. The van der Waals surface area contributed by atoms with Crippen LogP contribution in [0.15, 0.2) is 48.7 Å². The summed E-state index contributed by atoms with van der Waals surface area (Å²) in [7, 11) is 0. The number of carbonyl (C=O) groups excluding carboxylic acids is 1. The molecule has 4 N–H and O–H groups in total. The largest absolute Gasteiger partial charge is 0.390 e. The lowest BCUT2D eigenvalue weighted by Crippen LogP contribution is -2.42. The molecule has 1 atom stereocenters. The van der Waals surface area contributed by atoms with Crippen LogP contribution in [0.2, 0.25) is 0 Å². The lowest BCUT2D eigenvalue weighted by Gasteiger charge is -2.30. The molecule has 1 aliphatic rings. The highest BCUT2D eigenvalue weighted by Crippen LogP contribution is 2.18. The molecule has 0 fully saturated rings. The van der Waals surface area contributed by atoms with Crippen LogP contribution in [-0.4, -0.2) is 56.8 Å². The number of aryl methyl sites for hydroxylation is 1. The molecule has 8 nitrogen and oxygen atoms in total. The van der Waals surface area contributed by atoms with Crippen LogP contribution in [0.1, 0.15) is 27.2 Å². The summed E-state index contributed by atoms with van der Waals surface area (Å²) >= 11 is 0. The second-order valence-corrected chi connectivity index (χ2v) is 7.61. The van der Waals surface area contributed by atoms with E-state index in [4.69, 9.17) is 0 Å². The number of nitrogens with one attached hydrogen (secondary N) is 3. The fraction of sp³-hybridized carbons (Fsp3) is 0.318. The molecule has 0 radical (unpaired) electrons. The van der Waals surface area contributed by atoms with Crippen molar-refractivity contribution >= 4 is 17.5 Å². The van der Waals surface area contributed by atoms with Gasteiger partial charge in [0.15, 0.2) is 5.82 Å². The SMILES string of the molecule is Cc1cc(Nc2cc(C(=O)NC[C@H](O)CN3CCc4ccccc4C3)ccn2)n[nH]1. The molecule has 156 valence electrons. The van der Waals surface area contributed by atoms with Gasteiger partial charge in [0.1, 0.15) is 5.82 Å². The van der Waals surface area contributed by atoms with Crippen molar-refractivity contribution in [2.45, 2.75) is 26.0 Å². The van der Waals surface area contributed by atoms with Crippen molar-refractivity contribution in [2.75, 3.05) is 25.0 Å². The van der Waals surface area contributed by atoms with Crippen LogP contribution < -0.4 is 10.6 Å². The second-order valence-electron chi connectivity index (χ2n) is 7.61. The number of aromatic nitrogens is 3. The Morgan fingerprint density at radius 3 is 2.87 bits per heavy atom. The fourth-order valence-corrected chi connectivity index (χ4v) is 3.64. The number of aliphatic hydroxyl groups excluding tert-OH is 1. The predicted molar refractivity (Wildman–Crippen MR) is 115 cm³/mol. The molecule has 1 amide bonds. The number of H-pyrrole nitrogens is 1. The molecule has 0 saturated carbocycles. The molecule has 2 aromatic heterocycles. The first-order chi connectivity index (χ1) is 14.6. The molecule has 0 aliphatic carbocycles. The molecular formula is C22H26N6O2. The van der Waals surface area contributed by atoms with Crippen molar-refractivity contribution in [3.8, 4) is 0 Å². The first-order valence-electron chi connectivity index (χ1n) is 10.1. The third-order valence-corrected chi connectivity index (χ3v) is 5.16. The van der Waals surface area contributed by atoms with E-state index in [-0.39, 0.29) is 12.5 Å². The van der Waals surface area contributed by atoms with Gasteiger partial charge in [-0.2, -0.15) is 5.10 Å². The number of benzene rings is 1. The molecule has 0 bridgehead atoms. The van der Waals surface area contributed by atoms with Gasteiger partial charge in [0, 0.05) is 49.7 Å². The van der Waals surface area contributed by atoms with Crippen LogP contribution in [-0.2, 0) is 13.0 Å². The van der Waals surface area contributed by atoms with Gasteiger partial charge >= 0.3 is 0 Å². The van der Waals surface area contributed by atoms with E-state index >= 15 is 0 Å². The molecule has 4 rings (SSSR count). The van der Waals surface area contributed by atoms with E-state index < -0.39 is 6.10 Å². The molecular weight excluding hydrogens is 380 g/mol. The van der Waals surface area contributed by atoms with Crippen molar-refractivity contribution in [2.24, 2.45) is 0 Å². The summed E-state index contributed by atoms with van der Waals surface area (Å²) in [5, 5.41) is 23.2. The van der Waals surface area contributed by atoms with E-state index in [0.29, 0.717) is 23.7 Å². The molecule has 0 unspecified atom stereocenters. The predicted octanol–water partition coefficient (Wildman–Crippen LogP) is 2.01. The minimum atomic E-state index is -0.634. The molecule has 1 aliphatic heterocycles. The van der Waals surface area contributed by atoms with Gasteiger partial charge < -0.3 is 15.7 Å². The number of hydrogen-bond acceptors (Lipinski definition) is 6. The van der Waals surface area contributed by atoms with Crippen molar-refractivity contribution in [3.05, 3.63) is 71.0 Å². The van der Waals surface area contributed by atoms with Crippen LogP contribution in [0.3, 0.4) is 0 Å². The van der Waals surface area contributed by atoms with E-state index in [2.05, 4.69) is 48.9 Å². The zero-order valence-corrected chi connectivity index (χ0v) is 16.9. The van der Waals surface area contributed by atoms with Crippen LogP contribution in [0.5, 0.6) is 0 Å². The standard InChI is InChI=1S/C22H26N6O2/c1-15-10-21(27-26-15)25-20-11-17(6-8-23-20)22(30)24-12-19(29)14-28-9-7-16-4-2-3-5-18(16)13-28/h2-6,8,10-11,19,29H,7,9,12-14H2,1H3,(H,24,30)(H2,23,25,26,27)/t19-/m0/s1. The number of aliphatic hydroxyl groups is 1. The van der Waals surface area contributed by atoms with Crippen LogP contribution >= 0.6 is 0 Å². The second kappa shape index (κ2) is 9.06. The van der Waals surface area contributed by atoms with Gasteiger partial charge in [0.2, 0.25) is 0 Å².